The summed E-state index contributed by atoms with van der Waals surface area (Å²) in [6.07, 6.45) is 7.66. The molecule has 9 heteroatoms. The number of hydrogen-bond acceptors (Lipinski definition) is 7. The molecule has 1 saturated heterocycles. The largest absolute Gasteiger partial charge is 0.466 e. The first kappa shape index (κ1) is 28.2. The maximum absolute atomic E-state index is 13.0. The Bertz CT molecular complexity index is 1390. The number of aliphatic imine (C=N–C) groups is 1. The molecule has 0 saturated carbocycles. The third-order valence-electron chi connectivity index (χ3n) is 6.94. The normalized spacial score (nSPS) is 16.9. The zero-order valence-electron chi connectivity index (χ0n) is 22.9. The van der Waals surface area contributed by atoms with Crippen molar-refractivity contribution in [3.8, 4) is 16.9 Å². The monoisotopic (exact) mass is 574 g/mol. The molecule has 40 heavy (non-hydrogen) atoms. The van der Waals surface area contributed by atoms with Crippen molar-refractivity contribution in [2.75, 3.05) is 25.4 Å². The number of piperidine rings is 1. The highest BCUT2D eigenvalue weighted by molar-refractivity contribution is 8.18. The van der Waals surface area contributed by atoms with E-state index in [0.29, 0.717) is 42.6 Å². The third-order valence-corrected chi connectivity index (χ3v) is 9.08. The predicted molar refractivity (Wildman–Crippen MR) is 164 cm³/mol. The van der Waals surface area contributed by atoms with Crippen molar-refractivity contribution in [1.82, 2.24) is 14.7 Å². The highest BCUT2D eigenvalue weighted by Crippen LogP contribution is 2.35. The summed E-state index contributed by atoms with van der Waals surface area (Å²) in [7, 11) is 0. The Morgan fingerprint density at radius 3 is 2.55 bits per heavy atom. The first-order chi connectivity index (χ1) is 19.6. The van der Waals surface area contributed by atoms with Gasteiger partial charge in [-0.3, -0.25) is 9.59 Å². The third kappa shape index (κ3) is 6.70. The molecule has 3 heterocycles. The number of nitrogens with zero attached hydrogens (tertiary/aromatic N) is 4. The molecule has 0 N–H and O–H groups in total. The molecule has 0 radical (unpaired) electrons. The van der Waals surface area contributed by atoms with Crippen LogP contribution >= 0.6 is 23.5 Å². The number of unbranched alkanes of at least 4 members (excludes halogenated alkanes) is 1. The number of aromatic nitrogens is 2. The summed E-state index contributed by atoms with van der Waals surface area (Å²) in [4.78, 5) is 33.4. The van der Waals surface area contributed by atoms with E-state index in [-0.39, 0.29) is 17.8 Å². The average molecular weight is 575 g/mol. The number of likely N-dealkylation sites (tertiary alicyclic amines) is 1. The number of benzene rings is 2. The van der Waals surface area contributed by atoms with Gasteiger partial charge in [0.2, 0.25) is 0 Å². The van der Waals surface area contributed by atoms with Gasteiger partial charge >= 0.3 is 5.97 Å². The molecule has 1 amide bonds. The van der Waals surface area contributed by atoms with E-state index in [1.54, 1.807) is 0 Å². The van der Waals surface area contributed by atoms with Crippen LogP contribution in [0.25, 0.3) is 23.0 Å². The highest BCUT2D eigenvalue weighted by Gasteiger charge is 2.32. The lowest BCUT2D eigenvalue weighted by Gasteiger charge is -2.31. The highest BCUT2D eigenvalue weighted by atomic mass is 32.2. The van der Waals surface area contributed by atoms with Crippen LogP contribution in [-0.2, 0) is 14.3 Å². The van der Waals surface area contributed by atoms with Gasteiger partial charge in [-0.25, -0.2) is 4.68 Å². The standard InChI is InChI=1S/C31H34N4O3S2/c1-3-5-19-39-26-13-11-22(12-14-26)28-24(21-35(33-28)25-9-7-6-8-10-25)20-27-29(36)32-31(40-27)34-17-15-23(16-18-34)30(37)38-4-2/h6-14,20-21,23H,3-5,15-19H2,1-2H3/b27-20-. The van der Waals surface area contributed by atoms with Crippen molar-refractivity contribution in [3.05, 3.63) is 71.3 Å². The lowest BCUT2D eigenvalue weighted by Crippen LogP contribution is -2.39. The van der Waals surface area contributed by atoms with Crippen molar-refractivity contribution >= 4 is 46.6 Å². The van der Waals surface area contributed by atoms with Gasteiger partial charge in [-0.15, -0.1) is 11.8 Å². The molecule has 7 nitrogen and oxygen atoms in total. The Hall–Kier alpha value is -3.30. The minimum atomic E-state index is -0.242. The maximum Gasteiger partial charge on any atom is 0.309 e. The Morgan fingerprint density at radius 2 is 1.85 bits per heavy atom. The average Bonchev–Trinajstić information content (AvgIpc) is 3.58. The second kappa shape index (κ2) is 13.4. The van der Waals surface area contributed by atoms with Crippen LogP contribution in [-0.4, -0.2) is 57.2 Å². The molecular formula is C31H34N4O3S2. The van der Waals surface area contributed by atoms with Crippen molar-refractivity contribution in [2.24, 2.45) is 10.9 Å². The van der Waals surface area contributed by atoms with E-state index in [0.717, 1.165) is 28.3 Å². The fourth-order valence-electron chi connectivity index (χ4n) is 4.71. The van der Waals surface area contributed by atoms with Crippen LogP contribution in [0.15, 0.2) is 75.6 Å². The Kier molecular flexibility index (Phi) is 9.44. The molecule has 0 atom stereocenters. The molecule has 0 unspecified atom stereocenters. The summed E-state index contributed by atoms with van der Waals surface area (Å²) in [5.74, 6) is 0.651. The second-order valence-corrected chi connectivity index (χ2v) is 11.9. The van der Waals surface area contributed by atoms with Crippen molar-refractivity contribution in [3.63, 3.8) is 0 Å². The Balaban J connectivity index is 1.36. The molecule has 1 aromatic heterocycles. The number of carbonyl (C=O) groups excluding carboxylic acids is 2. The van der Waals surface area contributed by atoms with Crippen LogP contribution in [0.5, 0.6) is 0 Å². The number of amidine groups is 1. The van der Waals surface area contributed by atoms with Gasteiger partial charge in [0, 0.05) is 35.3 Å². The summed E-state index contributed by atoms with van der Waals surface area (Å²) >= 11 is 3.26. The number of esters is 1. The molecule has 2 aliphatic rings. The van der Waals surface area contributed by atoms with E-state index in [9.17, 15) is 9.59 Å². The molecule has 208 valence electrons. The van der Waals surface area contributed by atoms with Gasteiger partial charge in [-0.05, 0) is 74.0 Å². The minimum absolute atomic E-state index is 0.0864. The smallest absolute Gasteiger partial charge is 0.309 e. The lowest BCUT2D eigenvalue weighted by atomic mass is 9.97. The number of ether oxygens (including phenoxy) is 1. The summed E-state index contributed by atoms with van der Waals surface area (Å²) in [5, 5.41) is 5.62. The number of thioether (sulfide) groups is 2. The van der Waals surface area contributed by atoms with E-state index in [1.807, 2.05) is 66.0 Å². The zero-order valence-corrected chi connectivity index (χ0v) is 24.5. The number of para-hydroxylation sites is 1. The molecule has 2 aromatic carbocycles. The van der Waals surface area contributed by atoms with E-state index in [2.05, 4.69) is 41.1 Å². The van der Waals surface area contributed by atoms with Crippen molar-refractivity contribution < 1.29 is 14.3 Å². The van der Waals surface area contributed by atoms with Gasteiger partial charge in [-0.1, -0.05) is 43.7 Å². The first-order valence-electron chi connectivity index (χ1n) is 13.9. The van der Waals surface area contributed by atoms with E-state index < -0.39 is 0 Å². The predicted octanol–water partition coefficient (Wildman–Crippen LogP) is 6.68. The number of rotatable bonds is 9. The fraction of sp³-hybridized carbons (Fsp3) is 0.355. The molecule has 5 rings (SSSR count). The minimum Gasteiger partial charge on any atom is -0.466 e. The zero-order chi connectivity index (χ0) is 27.9. The molecule has 0 aliphatic carbocycles. The second-order valence-electron chi connectivity index (χ2n) is 9.76. The van der Waals surface area contributed by atoms with Gasteiger partial charge in [0.15, 0.2) is 5.17 Å². The van der Waals surface area contributed by atoms with Crippen LogP contribution in [0.3, 0.4) is 0 Å². The lowest BCUT2D eigenvalue weighted by molar-refractivity contribution is -0.149. The van der Waals surface area contributed by atoms with Crippen LogP contribution in [0.1, 0.15) is 45.1 Å². The van der Waals surface area contributed by atoms with Crippen molar-refractivity contribution in [1.29, 1.82) is 0 Å². The van der Waals surface area contributed by atoms with Gasteiger partial charge in [-0.2, -0.15) is 10.1 Å². The molecule has 2 aliphatic heterocycles. The molecule has 0 spiro atoms. The van der Waals surface area contributed by atoms with Crippen LogP contribution in [0.4, 0.5) is 0 Å². The maximum atomic E-state index is 13.0. The van der Waals surface area contributed by atoms with Gasteiger partial charge in [0.05, 0.1) is 28.8 Å². The van der Waals surface area contributed by atoms with Crippen LogP contribution in [0, 0.1) is 5.92 Å². The van der Waals surface area contributed by atoms with Crippen LogP contribution < -0.4 is 0 Å². The van der Waals surface area contributed by atoms with E-state index >= 15 is 0 Å². The van der Waals surface area contributed by atoms with Crippen molar-refractivity contribution in [2.45, 2.75) is 44.4 Å². The Labute approximate surface area is 244 Å². The first-order valence-corrected chi connectivity index (χ1v) is 15.7. The number of amides is 1. The molecule has 3 aromatic rings. The van der Waals surface area contributed by atoms with Crippen LogP contribution in [0.2, 0.25) is 0 Å². The molecule has 0 bridgehead atoms. The fourth-order valence-corrected chi connectivity index (χ4v) is 6.67. The van der Waals surface area contributed by atoms with Gasteiger partial charge in [0.25, 0.3) is 5.91 Å². The Morgan fingerprint density at radius 1 is 1.10 bits per heavy atom. The van der Waals surface area contributed by atoms with E-state index in [1.165, 1.54) is 29.5 Å². The summed E-state index contributed by atoms with van der Waals surface area (Å²) in [6, 6.07) is 18.5. The van der Waals surface area contributed by atoms with E-state index in [4.69, 9.17) is 9.84 Å². The van der Waals surface area contributed by atoms with Gasteiger partial charge in [0.1, 0.15) is 0 Å². The summed E-state index contributed by atoms with van der Waals surface area (Å²) < 4.78 is 7.05. The molecular weight excluding hydrogens is 541 g/mol. The quantitative estimate of drug-likeness (QED) is 0.122. The molecule has 1 fully saturated rings. The topological polar surface area (TPSA) is 76.8 Å². The summed E-state index contributed by atoms with van der Waals surface area (Å²) in [5.41, 5.74) is 3.63. The number of carbonyl (C=O) groups is 2. The summed E-state index contributed by atoms with van der Waals surface area (Å²) in [6.45, 7) is 5.78. The SMILES string of the molecule is CCCCSc1ccc(-c2nn(-c3ccccc3)cc2/C=C2\SC(N3CCC(C(=O)OCC)CC3)=NC2=O)cc1. The number of hydrogen-bond donors (Lipinski definition) is 0. The van der Waals surface area contributed by atoms with Gasteiger partial charge < -0.3 is 9.64 Å².